The summed E-state index contributed by atoms with van der Waals surface area (Å²) in [5, 5.41) is 2.14. The molecule has 1 aromatic carbocycles. The number of aromatic nitrogens is 2. The molecule has 3 heteroatoms. The predicted octanol–water partition coefficient (Wildman–Crippen LogP) is 2.88. The normalized spacial score (nSPS) is 11.4. The molecule has 3 nitrogen and oxygen atoms in total. The highest BCUT2D eigenvalue weighted by Gasteiger charge is 2.08. The first kappa shape index (κ1) is 10.1. The van der Waals surface area contributed by atoms with E-state index in [1.54, 1.807) is 6.07 Å². The Hall–Kier alpha value is -2.03. The van der Waals surface area contributed by atoms with Crippen LogP contribution in [0.25, 0.3) is 21.8 Å². The van der Waals surface area contributed by atoms with Crippen LogP contribution in [0.15, 0.2) is 29.1 Å². The van der Waals surface area contributed by atoms with Crippen molar-refractivity contribution in [3.63, 3.8) is 0 Å². The molecule has 0 bridgehead atoms. The Morgan fingerprint density at radius 3 is 2.71 bits per heavy atom. The Bertz CT molecular complexity index is 765. The number of fused-ring (bicyclic) bond motifs is 3. The fraction of sp³-hybridized carbons (Fsp3) is 0.214. The molecule has 0 spiro atoms. The Morgan fingerprint density at radius 1 is 1.12 bits per heavy atom. The third-order valence-electron chi connectivity index (χ3n) is 3.20. The van der Waals surface area contributed by atoms with Gasteiger partial charge in [-0.1, -0.05) is 18.6 Å². The summed E-state index contributed by atoms with van der Waals surface area (Å²) in [6, 6.07) is 7.93. The summed E-state index contributed by atoms with van der Waals surface area (Å²) in [6.45, 7) is 4.10. The zero-order valence-corrected chi connectivity index (χ0v) is 9.92. The maximum Gasteiger partial charge on any atom is 0.248 e. The molecule has 0 fully saturated rings. The topological polar surface area (TPSA) is 48.6 Å². The highest BCUT2D eigenvalue weighted by molar-refractivity contribution is 6.07. The van der Waals surface area contributed by atoms with Gasteiger partial charge in [-0.25, -0.2) is 0 Å². The van der Waals surface area contributed by atoms with Crippen molar-refractivity contribution in [2.75, 3.05) is 0 Å². The fourth-order valence-electron chi connectivity index (χ4n) is 2.36. The van der Waals surface area contributed by atoms with E-state index >= 15 is 0 Å². The monoisotopic (exact) mass is 226 g/mol. The summed E-state index contributed by atoms with van der Waals surface area (Å²) in [6.07, 6.45) is 0.818. The third-order valence-corrected chi connectivity index (χ3v) is 3.20. The summed E-state index contributed by atoms with van der Waals surface area (Å²) in [5.74, 6) is 0. The van der Waals surface area contributed by atoms with E-state index in [2.05, 4.69) is 35.1 Å². The minimum absolute atomic E-state index is 0.0308. The number of aryl methyl sites for hydroxylation is 2. The summed E-state index contributed by atoms with van der Waals surface area (Å²) in [7, 11) is 0. The second kappa shape index (κ2) is 3.48. The molecule has 0 saturated carbocycles. The molecule has 2 heterocycles. The van der Waals surface area contributed by atoms with Crippen LogP contribution in [0.5, 0.6) is 0 Å². The molecule has 0 amide bonds. The lowest BCUT2D eigenvalue weighted by molar-refractivity contribution is 1.03. The highest BCUT2D eigenvalue weighted by Crippen LogP contribution is 2.26. The zero-order valence-electron chi connectivity index (χ0n) is 9.92. The molecular formula is C14H14N2O. The minimum atomic E-state index is -0.0308. The standard InChI is InChI=1S/C14H14N2O/c1-3-11-14-10(7-13(17)15-11)9-6-8(2)4-5-12(9)16-14/h4-7,16H,3H2,1-2H3,(H,15,17). The Kier molecular flexibility index (Phi) is 2.08. The van der Waals surface area contributed by atoms with Gasteiger partial charge >= 0.3 is 0 Å². The molecule has 0 saturated heterocycles. The first-order valence-electron chi connectivity index (χ1n) is 5.83. The fourth-order valence-corrected chi connectivity index (χ4v) is 2.36. The van der Waals surface area contributed by atoms with Crippen molar-refractivity contribution in [3.8, 4) is 0 Å². The second-order valence-corrected chi connectivity index (χ2v) is 4.43. The second-order valence-electron chi connectivity index (χ2n) is 4.43. The van der Waals surface area contributed by atoms with Crippen LogP contribution in [0.4, 0.5) is 0 Å². The van der Waals surface area contributed by atoms with Gasteiger partial charge < -0.3 is 9.97 Å². The van der Waals surface area contributed by atoms with Crippen molar-refractivity contribution in [1.29, 1.82) is 0 Å². The van der Waals surface area contributed by atoms with Crippen LogP contribution >= 0.6 is 0 Å². The van der Waals surface area contributed by atoms with Crippen molar-refractivity contribution < 1.29 is 0 Å². The van der Waals surface area contributed by atoms with E-state index < -0.39 is 0 Å². The number of benzene rings is 1. The molecule has 2 N–H and O–H groups in total. The van der Waals surface area contributed by atoms with E-state index in [-0.39, 0.29) is 5.56 Å². The number of pyridine rings is 1. The van der Waals surface area contributed by atoms with Crippen molar-refractivity contribution >= 4 is 21.8 Å². The van der Waals surface area contributed by atoms with Gasteiger partial charge in [-0.05, 0) is 25.5 Å². The molecule has 0 aliphatic carbocycles. The van der Waals surface area contributed by atoms with Gasteiger partial charge in [0.25, 0.3) is 0 Å². The van der Waals surface area contributed by atoms with Crippen LogP contribution in [0, 0.1) is 6.92 Å². The summed E-state index contributed by atoms with van der Waals surface area (Å²) in [5.41, 5.74) is 4.28. The van der Waals surface area contributed by atoms with E-state index in [0.717, 1.165) is 33.9 Å². The average Bonchev–Trinajstić information content (AvgIpc) is 2.66. The maximum absolute atomic E-state index is 11.6. The van der Waals surface area contributed by atoms with Gasteiger partial charge in [-0.15, -0.1) is 0 Å². The number of aromatic amines is 2. The van der Waals surface area contributed by atoms with Crippen LogP contribution in [-0.2, 0) is 6.42 Å². The van der Waals surface area contributed by atoms with Gasteiger partial charge in [0, 0.05) is 28.0 Å². The number of hydrogen-bond acceptors (Lipinski definition) is 1. The summed E-state index contributed by atoms with van der Waals surface area (Å²) < 4.78 is 0. The van der Waals surface area contributed by atoms with Crippen LogP contribution in [0.1, 0.15) is 18.2 Å². The van der Waals surface area contributed by atoms with Crippen LogP contribution < -0.4 is 5.56 Å². The van der Waals surface area contributed by atoms with Gasteiger partial charge in [0.1, 0.15) is 0 Å². The number of hydrogen-bond donors (Lipinski definition) is 2. The smallest absolute Gasteiger partial charge is 0.248 e. The predicted molar refractivity (Wildman–Crippen MR) is 70.5 cm³/mol. The molecule has 0 atom stereocenters. The van der Waals surface area contributed by atoms with Gasteiger partial charge in [0.15, 0.2) is 0 Å². The minimum Gasteiger partial charge on any atom is -0.353 e. The summed E-state index contributed by atoms with van der Waals surface area (Å²) in [4.78, 5) is 17.9. The van der Waals surface area contributed by atoms with Crippen LogP contribution in [0.2, 0.25) is 0 Å². The van der Waals surface area contributed by atoms with E-state index in [9.17, 15) is 4.79 Å². The first-order valence-corrected chi connectivity index (χ1v) is 5.83. The number of H-pyrrole nitrogens is 2. The Morgan fingerprint density at radius 2 is 1.94 bits per heavy atom. The zero-order chi connectivity index (χ0) is 12.0. The number of rotatable bonds is 1. The lowest BCUT2D eigenvalue weighted by atomic mass is 10.1. The maximum atomic E-state index is 11.6. The molecule has 3 aromatic rings. The van der Waals surface area contributed by atoms with E-state index in [0.29, 0.717) is 0 Å². The molecule has 17 heavy (non-hydrogen) atoms. The van der Waals surface area contributed by atoms with Gasteiger partial charge in [0.2, 0.25) is 5.56 Å². The molecule has 0 unspecified atom stereocenters. The molecule has 86 valence electrons. The molecule has 3 rings (SSSR count). The van der Waals surface area contributed by atoms with Crippen LogP contribution in [-0.4, -0.2) is 9.97 Å². The van der Waals surface area contributed by atoms with Crippen molar-refractivity contribution in [1.82, 2.24) is 9.97 Å². The highest BCUT2D eigenvalue weighted by atomic mass is 16.1. The lowest BCUT2D eigenvalue weighted by Gasteiger charge is -1.98. The van der Waals surface area contributed by atoms with Crippen molar-refractivity contribution in [2.45, 2.75) is 20.3 Å². The van der Waals surface area contributed by atoms with E-state index in [1.165, 1.54) is 5.56 Å². The third kappa shape index (κ3) is 1.46. The molecule has 2 aromatic heterocycles. The van der Waals surface area contributed by atoms with E-state index in [4.69, 9.17) is 0 Å². The Labute approximate surface area is 98.5 Å². The molecule has 0 aliphatic heterocycles. The van der Waals surface area contributed by atoms with E-state index in [1.807, 2.05) is 6.92 Å². The van der Waals surface area contributed by atoms with Crippen molar-refractivity contribution in [3.05, 3.63) is 45.9 Å². The largest absolute Gasteiger partial charge is 0.353 e. The first-order chi connectivity index (χ1) is 8.19. The number of nitrogens with one attached hydrogen (secondary N) is 2. The summed E-state index contributed by atoms with van der Waals surface area (Å²) >= 11 is 0. The molecular weight excluding hydrogens is 212 g/mol. The quantitative estimate of drug-likeness (QED) is 0.658. The molecule has 0 aliphatic rings. The SMILES string of the molecule is CCc1[nH]c(=O)cc2c1[nH]c1ccc(C)cc12. The van der Waals surface area contributed by atoms with Crippen molar-refractivity contribution in [2.24, 2.45) is 0 Å². The molecule has 0 radical (unpaired) electrons. The van der Waals surface area contributed by atoms with Gasteiger partial charge in [-0.3, -0.25) is 4.79 Å². The van der Waals surface area contributed by atoms with Gasteiger partial charge in [0.05, 0.1) is 5.52 Å². The van der Waals surface area contributed by atoms with Crippen LogP contribution in [0.3, 0.4) is 0 Å². The Balaban J connectivity index is 2.56. The lowest BCUT2D eigenvalue weighted by Crippen LogP contribution is -2.06. The average molecular weight is 226 g/mol. The van der Waals surface area contributed by atoms with Gasteiger partial charge in [-0.2, -0.15) is 0 Å².